The number of alkyl halides is 3. The molecule has 0 heterocycles. The van der Waals surface area contributed by atoms with Gasteiger partial charge in [-0.15, -0.1) is 0 Å². The molecule has 2 rings (SSSR count). The third kappa shape index (κ3) is 4.08. The van der Waals surface area contributed by atoms with E-state index in [0.717, 1.165) is 16.4 Å². The van der Waals surface area contributed by atoms with E-state index in [1.54, 1.807) is 12.1 Å². The van der Waals surface area contributed by atoms with Crippen molar-refractivity contribution in [1.82, 2.24) is 4.31 Å². The van der Waals surface area contributed by atoms with Crippen LogP contribution in [0.3, 0.4) is 0 Å². The molecule has 0 saturated heterocycles. The van der Waals surface area contributed by atoms with E-state index >= 15 is 0 Å². The molecule has 0 radical (unpaired) electrons. The first-order valence-corrected chi connectivity index (χ1v) is 8.86. The number of sulfonamides is 1. The summed E-state index contributed by atoms with van der Waals surface area (Å²) in [5, 5.41) is 9.40. The molecule has 0 bridgehead atoms. The van der Waals surface area contributed by atoms with Crippen LogP contribution in [-0.2, 0) is 22.7 Å². The lowest BCUT2D eigenvalue weighted by Crippen LogP contribution is -2.26. The topological polar surface area (TPSA) is 57.6 Å². The first kappa shape index (κ1) is 18.8. The van der Waals surface area contributed by atoms with Gasteiger partial charge in [0, 0.05) is 18.1 Å². The van der Waals surface area contributed by atoms with E-state index < -0.39 is 26.7 Å². The van der Waals surface area contributed by atoms with Crippen molar-refractivity contribution in [2.24, 2.45) is 0 Å². The maximum Gasteiger partial charge on any atom is 0.417 e. The summed E-state index contributed by atoms with van der Waals surface area (Å²) in [6, 6.07) is 8.72. The van der Waals surface area contributed by atoms with E-state index in [9.17, 15) is 26.7 Å². The van der Waals surface area contributed by atoms with Gasteiger partial charge in [-0.05, 0) is 35.9 Å². The van der Waals surface area contributed by atoms with Crippen molar-refractivity contribution in [3.05, 3.63) is 58.1 Å². The van der Waals surface area contributed by atoms with Gasteiger partial charge in [0.15, 0.2) is 0 Å². The monoisotopic (exact) mass is 423 g/mol. The molecule has 0 aliphatic carbocycles. The molecule has 0 amide bonds. The Kier molecular flexibility index (Phi) is 5.26. The summed E-state index contributed by atoms with van der Waals surface area (Å²) >= 11 is 2.78. The highest BCUT2D eigenvalue weighted by molar-refractivity contribution is 9.10. The van der Waals surface area contributed by atoms with Crippen molar-refractivity contribution in [2.45, 2.75) is 17.6 Å². The second kappa shape index (κ2) is 6.73. The number of phenolic OH excluding ortho intramolecular Hbond substituents is 1. The summed E-state index contributed by atoms with van der Waals surface area (Å²) in [6.07, 6.45) is -4.67. The SMILES string of the molecule is CN(Cc1cccc(O)c1)S(=O)(=O)c1ccc(Br)c(C(F)(F)F)c1. The third-order valence-corrected chi connectivity index (χ3v) is 5.76. The van der Waals surface area contributed by atoms with Gasteiger partial charge < -0.3 is 5.11 Å². The molecule has 130 valence electrons. The molecule has 0 unspecified atom stereocenters. The van der Waals surface area contributed by atoms with Crippen LogP contribution in [0.5, 0.6) is 5.75 Å². The number of hydrogen-bond donors (Lipinski definition) is 1. The molecule has 24 heavy (non-hydrogen) atoms. The maximum atomic E-state index is 12.9. The fourth-order valence-corrected chi connectivity index (χ4v) is 3.72. The van der Waals surface area contributed by atoms with Gasteiger partial charge in [-0.2, -0.15) is 17.5 Å². The van der Waals surface area contributed by atoms with Crippen LogP contribution in [0, 0.1) is 0 Å². The van der Waals surface area contributed by atoms with Gasteiger partial charge in [0.25, 0.3) is 0 Å². The molecule has 0 aliphatic rings. The Balaban J connectivity index is 2.36. The lowest BCUT2D eigenvalue weighted by atomic mass is 10.2. The summed E-state index contributed by atoms with van der Waals surface area (Å²) < 4.78 is 64.5. The van der Waals surface area contributed by atoms with E-state index in [-0.39, 0.29) is 16.8 Å². The number of hydrogen-bond acceptors (Lipinski definition) is 3. The number of phenols is 1. The standard InChI is InChI=1S/C15H13BrF3NO3S/c1-20(9-10-3-2-4-11(21)7-10)24(22,23)12-5-6-14(16)13(8-12)15(17,18)19/h2-8,21H,9H2,1H3. The highest BCUT2D eigenvalue weighted by atomic mass is 79.9. The second-order valence-corrected chi connectivity index (χ2v) is 7.97. The predicted octanol–water partition coefficient (Wildman–Crippen LogP) is 3.99. The Labute approximate surface area is 145 Å². The van der Waals surface area contributed by atoms with Crippen molar-refractivity contribution >= 4 is 26.0 Å². The molecule has 0 aliphatic heterocycles. The zero-order valence-electron chi connectivity index (χ0n) is 12.4. The average molecular weight is 424 g/mol. The third-order valence-electron chi connectivity index (χ3n) is 3.27. The molecule has 0 aromatic heterocycles. The molecule has 0 spiro atoms. The van der Waals surface area contributed by atoms with Gasteiger partial charge in [0.05, 0.1) is 10.5 Å². The molecule has 1 N–H and O–H groups in total. The summed E-state index contributed by atoms with van der Waals surface area (Å²) in [4.78, 5) is -0.458. The Hall–Kier alpha value is -1.58. The number of nitrogens with zero attached hydrogens (tertiary/aromatic N) is 1. The summed E-state index contributed by atoms with van der Waals surface area (Å²) in [5.74, 6) is -0.0266. The van der Waals surface area contributed by atoms with E-state index in [0.29, 0.717) is 11.6 Å². The maximum absolute atomic E-state index is 12.9. The van der Waals surface area contributed by atoms with Gasteiger partial charge in [0.1, 0.15) is 5.75 Å². The van der Waals surface area contributed by atoms with Gasteiger partial charge in [0.2, 0.25) is 10.0 Å². The van der Waals surface area contributed by atoms with Gasteiger partial charge in [-0.1, -0.05) is 28.1 Å². The molecule has 2 aromatic rings. The van der Waals surface area contributed by atoms with E-state index in [1.807, 2.05) is 0 Å². The number of aromatic hydroxyl groups is 1. The Bertz CT molecular complexity index is 853. The molecule has 2 aromatic carbocycles. The minimum Gasteiger partial charge on any atom is -0.508 e. The molecule has 0 fully saturated rings. The highest BCUT2D eigenvalue weighted by Crippen LogP contribution is 2.36. The fraction of sp³-hybridized carbons (Fsp3) is 0.200. The lowest BCUT2D eigenvalue weighted by Gasteiger charge is -2.19. The Morgan fingerprint density at radius 2 is 1.83 bits per heavy atom. The van der Waals surface area contributed by atoms with Crippen LogP contribution in [0.15, 0.2) is 51.8 Å². The normalized spacial score (nSPS) is 12.6. The average Bonchev–Trinajstić information content (AvgIpc) is 2.46. The zero-order valence-corrected chi connectivity index (χ0v) is 14.8. The van der Waals surface area contributed by atoms with Crippen LogP contribution < -0.4 is 0 Å². The van der Waals surface area contributed by atoms with Crippen LogP contribution in [0.25, 0.3) is 0 Å². The van der Waals surface area contributed by atoms with Crippen LogP contribution in [0.4, 0.5) is 13.2 Å². The number of rotatable bonds is 4. The van der Waals surface area contributed by atoms with Crippen LogP contribution in [0.2, 0.25) is 0 Å². The van der Waals surface area contributed by atoms with Gasteiger partial charge in [-0.25, -0.2) is 8.42 Å². The molecule has 0 atom stereocenters. The number of benzene rings is 2. The van der Waals surface area contributed by atoms with Crippen molar-refractivity contribution in [3.63, 3.8) is 0 Å². The van der Waals surface area contributed by atoms with Crippen LogP contribution >= 0.6 is 15.9 Å². The first-order chi connectivity index (χ1) is 11.0. The second-order valence-electron chi connectivity index (χ2n) is 5.07. The molecule has 9 heteroatoms. The van der Waals surface area contributed by atoms with Crippen LogP contribution in [-0.4, -0.2) is 24.9 Å². The van der Waals surface area contributed by atoms with E-state index in [2.05, 4.69) is 15.9 Å². The summed E-state index contributed by atoms with van der Waals surface area (Å²) in [5.41, 5.74) is -0.552. The van der Waals surface area contributed by atoms with Crippen LogP contribution in [0.1, 0.15) is 11.1 Å². The number of halogens is 4. The fourth-order valence-electron chi connectivity index (χ4n) is 2.06. The first-order valence-electron chi connectivity index (χ1n) is 6.63. The van der Waals surface area contributed by atoms with Crippen molar-refractivity contribution in [1.29, 1.82) is 0 Å². The molecule has 4 nitrogen and oxygen atoms in total. The van der Waals surface area contributed by atoms with E-state index in [1.165, 1.54) is 19.2 Å². The van der Waals surface area contributed by atoms with Crippen molar-refractivity contribution < 1.29 is 26.7 Å². The van der Waals surface area contributed by atoms with Gasteiger partial charge >= 0.3 is 6.18 Å². The predicted molar refractivity (Wildman–Crippen MR) is 85.9 cm³/mol. The minimum atomic E-state index is -4.67. The van der Waals surface area contributed by atoms with Crippen molar-refractivity contribution in [3.8, 4) is 5.75 Å². The Morgan fingerprint density at radius 3 is 2.42 bits per heavy atom. The Morgan fingerprint density at radius 1 is 1.17 bits per heavy atom. The van der Waals surface area contributed by atoms with Gasteiger partial charge in [-0.3, -0.25) is 0 Å². The zero-order chi connectivity index (χ0) is 18.1. The lowest BCUT2D eigenvalue weighted by molar-refractivity contribution is -0.138. The summed E-state index contributed by atoms with van der Waals surface area (Å²) in [6.45, 7) is -0.0891. The molecule has 0 saturated carbocycles. The minimum absolute atomic E-state index is 0.0266. The quantitative estimate of drug-likeness (QED) is 0.808. The summed E-state index contributed by atoms with van der Waals surface area (Å²) in [7, 11) is -2.86. The molecular formula is C15H13BrF3NO3S. The highest BCUT2D eigenvalue weighted by Gasteiger charge is 2.34. The smallest absolute Gasteiger partial charge is 0.417 e. The van der Waals surface area contributed by atoms with E-state index in [4.69, 9.17) is 0 Å². The van der Waals surface area contributed by atoms with Crippen molar-refractivity contribution in [2.75, 3.05) is 7.05 Å². The largest absolute Gasteiger partial charge is 0.508 e. The molecular weight excluding hydrogens is 411 g/mol.